The number of alkyl carbamates (subject to hydrolysis) is 1. The molecule has 34 heavy (non-hydrogen) atoms. The number of benzene rings is 3. The number of carbonyl (C=O) groups excluding carboxylic acids is 1. The maximum atomic E-state index is 12.5. The number of carboxylic acid groups (broad SMARTS) is 1. The van der Waals surface area contributed by atoms with Crippen LogP contribution in [0, 0.1) is 0 Å². The van der Waals surface area contributed by atoms with E-state index in [4.69, 9.17) is 4.74 Å². The van der Waals surface area contributed by atoms with Gasteiger partial charge in [-0.15, -0.1) is 0 Å². The van der Waals surface area contributed by atoms with E-state index >= 15 is 0 Å². The quantitative estimate of drug-likeness (QED) is 0.407. The maximum Gasteiger partial charge on any atom is 0.407 e. The molecular formula is C28H26N2O4. The monoisotopic (exact) mass is 454 g/mol. The molecule has 1 aliphatic carbocycles. The molecule has 0 unspecified atom stereocenters. The zero-order chi connectivity index (χ0) is 23.7. The Morgan fingerprint density at radius 1 is 1.00 bits per heavy atom. The van der Waals surface area contributed by atoms with Crippen LogP contribution in [0.25, 0.3) is 22.0 Å². The van der Waals surface area contributed by atoms with E-state index in [1.807, 2.05) is 72.4 Å². The molecule has 0 spiro atoms. The predicted octanol–water partition coefficient (Wildman–Crippen LogP) is 5.10. The van der Waals surface area contributed by atoms with Crippen LogP contribution >= 0.6 is 0 Å². The fourth-order valence-electron chi connectivity index (χ4n) is 4.84. The molecule has 0 fully saturated rings. The molecule has 0 saturated carbocycles. The number of carboxylic acids is 1. The maximum absolute atomic E-state index is 12.5. The first kappa shape index (κ1) is 21.8. The number of nitrogens with one attached hydrogen (secondary N) is 1. The number of hydrogen-bond acceptors (Lipinski definition) is 3. The van der Waals surface area contributed by atoms with E-state index < -0.39 is 18.1 Å². The highest BCUT2D eigenvalue weighted by atomic mass is 16.5. The van der Waals surface area contributed by atoms with Crippen molar-refractivity contribution in [2.45, 2.75) is 24.8 Å². The van der Waals surface area contributed by atoms with Gasteiger partial charge in [-0.25, -0.2) is 9.59 Å². The highest BCUT2D eigenvalue weighted by Crippen LogP contribution is 2.44. The van der Waals surface area contributed by atoms with E-state index in [0.717, 1.165) is 38.7 Å². The SMILES string of the molecule is Cn1ccc2cc(CC[C@H](NC(=O)OCC3c4ccccc4-c4ccccc43)C(=O)O)ccc21. The number of amides is 1. The van der Waals surface area contributed by atoms with E-state index in [0.29, 0.717) is 6.42 Å². The smallest absolute Gasteiger partial charge is 0.407 e. The number of fused-ring (bicyclic) bond motifs is 4. The van der Waals surface area contributed by atoms with Crippen LogP contribution in [0.1, 0.15) is 29.0 Å². The van der Waals surface area contributed by atoms with Gasteiger partial charge in [0.25, 0.3) is 0 Å². The first-order chi connectivity index (χ1) is 16.5. The van der Waals surface area contributed by atoms with Crippen LogP contribution in [0.4, 0.5) is 4.79 Å². The zero-order valence-electron chi connectivity index (χ0n) is 18.9. The molecule has 6 nitrogen and oxygen atoms in total. The molecule has 4 aromatic rings. The molecule has 0 bridgehead atoms. The Hall–Kier alpha value is -4.06. The van der Waals surface area contributed by atoms with Crippen molar-refractivity contribution in [3.8, 4) is 11.1 Å². The number of ether oxygens (including phenoxy) is 1. The minimum atomic E-state index is -1.07. The molecule has 0 aliphatic heterocycles. The fourth-order valence-corrected chi connectivity index (χ4v) is 4.84. The summed E-state index contributed by atoms with van der Waals surface area (Å²) in [4.78, 5) is 24.3. The normalized spacial score (nSPS) is 13.3. The summed E-state index contributed by atoms with van der Waals surface area (Å²) in [5, 5.41) is 13.3. The molecule has 1 amide bonds. The second-order valence-electron chi connectivity index (χ2n) is 8.72. The minimum Gasteiger partial charge on any atom is -0.480 e. The Balaban J connectivity index is 1.21. The molecule has 1 aliphatic rings. The van der Waals surface area contributed by atoms with Crippen LogP contribution in [0.3, 0.4) is 0 Å². The molecule has 6 heteroatoms. The van der Waals surface area contributed by atoms with E-state index in [1.54, 1.807) is 0 Å². The number of aromatic nitrogens is 1. The highest BCUT2D eigenvalue weighted by Gasteiger charge is 2.29. The van der Waals surface area contributed by atoms with Gasteiger partial charge in [-0.1, -0.05) is 54.6 Å². The van der Waals surface area contributed by atoms with Gasteiger partial charge in [-0.05, 0) is 64.2 Å². The van der Waals surface area contributed by atoms with E-state index in [-0.39, 0.29) is 18.9 Å². The zero-order valence-corrected chi connectivity index (χ0v) is 18.9. The molecule has 1 aromatic heterocycles. The Morgan fingerprint density at radius 3 is 2.35 bits per heavy atom. The summed E-state index contributed by atoms with van der Waals surface area (Å²) in [5.41, 5.74) is 6.66. The minimum absolute atomic E-state index is 0.0703. The van der Waals surface area contributed by atoms with Crippen LogP contribution < -0.4 is 5.32 Å². The van der Waals surface area contributed by atoms with E-state index in [9.17, 15) is 14.7 Å². The molecular weight excluding hydrogens is 428 g/mol. The average Bonchev–Trinajstić information content (AvgIpc) is 3.37. The summed E-state index contributed by atoms with van der Waals surface area (Å²) in [5.74, 6) is -1.15. The second-order valence-corrected chi connectivity index (χ2v) is 8.72. The summed E-state index contributed by atoms with van der Waals surface area (Å²) in [7, 11) is 1.99. The number of aryl methyl sites for hydroxylation is 2. The second kappa shape index (κ2) is 9.06. The van der Waals surface area contributed by atoms with Gasteiger partial charge < -0.3 is 19.7 Å². The Bertz CT molecular complexity index is 1330. The van der Waals surface area contributed by atoms with Gasteiger partial charge in [-0.2, -0.15) is 0 Å². The van der Waals surface area contributed by atoms with Crippen LogP contribution in [0.2, 0.25) is 0 Å². The van der Waals surface area contributed by atoms with Gasteiger partial charge in [0.2, 0.25) is 0 Å². The standard InChI is InChI=1S/C28H26N2O4/c1-30-15-14-19-16-18(11-13-26(19)30)10-12-25(27(31)32)29-28(33)34-17-24-22-8-4-2-6-20(22)21-7-3-5-9-23(21)24/h2-9,11,13-16,24-25H,10,12,17H2,1H3,(H,29,33)(H,31,32)/t25-/m0/s1. The largest absolute Gasteiger partial charge is 0.480 e. The first-order valence-corrected chi connectivity index (χ1v) is 11.4. The number of hydrogen-bond donors (Lipinski definition) is 2. The Kier molecular flexibility index (Phi) is 5.80. The number of rotatable bonds is 7. The van der Waals surface area contributed by atoms with Gasteiger partial charge in [0.05, 0.1) is 0 Å². The molecule has 5 rings (SSSR count). The van der Waals surface area contributed by atoms with Crippen molar-refractivity contribution >= 4 is 23.0 Å². The van der Waals surface area contributed by atoms with Crippen molar-refractivity contribution in [1.82, 2.24) is 9.88 Å². The topological polar surface area (TPSA) is 80.6 Å². The lowest BCUT2D eigenvalue weighted by Crippen LogP contribution is -2.41. The van der Waals surface area contributed by atoms with Crippen LogP contribution in [0.5, 0.6) is 0 Å². The fraction of sp³-hybridized carbons (Fsp3) is 0.214. The summed E-state index contributed by atoms with van der Waals surface area (Å²) in [6, 6.07) is 23.3. The summed E-state index contributed by atoms with van der Waals surface area (Å²) < 4.78 is 7.56. The first-order valence-electron chi connectivity index (χ1n) is 11.4. The highest BCUT2D eigenvalue weighted by molar-refractivity contribution is 5.82. The third-order valence-corrected chi connectivity index (χ3v) is 6.61. The van der Waals surface area contributed by atoms with Crippen LogP contribution in [0.15, 0.2) is 79.0 Å². The molecule has 0 saturated heterocycles. The van der Waals surface area contributed by atoms with Gasteiger partial charge in [0.1, 0.15) is 12.6 Å². The lowest BCUT2D eigenvalue weighted by molar-refractivity contribution is -0.139. The molecule has 2 N–H and O–H groups in total. The third-order valence-electron chi connectivity index (χ3n) is 6.61. The van der Waals surface area contributed by atoms with Crippen molar-refractivity contribution < 1.29 is 19.4 Å². The predicted molar refractivity (Wildman–Crippen MR) is 131 cm³/mol. The summed E-state index contributed by atoms with van der Waals surface area (Å²) in [6.45, 7) is 0.150. The van der Waals surface area contributed by atoms with Gasteiger partial charge in [-0.3, -0.25) is 0 Å². The van der Waals surface area contributed by atoms with Crippen molar-refractivity contribution in [3.05, 3.63) is 95.7 Å². The molecule has 1 heterocycles. The van der Waals surface area contributed by atoms with Crippen molar-refractivity contribution in [2.75, 3.05) is 6.61 Å². The number of nitrogens with zero attached hydrogens (tertiary/aromatic N) is 1. The van der Waals surface area contributed by atoms with Crippen molar-refractivity contribution in [1.29, 1.82) is 0 Å². The summed E-state index contributed by atoms with van der Waals surface area (Å²) >= 11 is 0. The Morgan fingerprint density at radius 2 is 1.68 bits per heavy atom. The molecule has 3 aromatic carbocycles. The molecule has 0 radical (unpaired) electrons. The van der Waals surface area contributed by atoms with Crippen LogP contribution in [-0.2, 0) is 23.0 Å². The lowest BCUT2D eigenvalue weighted by Gasteiger charge is -2.17. The van der Waals surface area contributed by atoms with Gasteiger partial charge in [0.15, 0.2) is 0 Å². The Labute approximate surface area is 197 Å². The lowest BCUT2D eigenvalue weighted by atomic mass is 9.98. The number of carbonyl (C=O) groups is 2. The summed E-state index contributed by atoms with van der Waals surface area (Å²) in [6.07, 6.45) is 2.09. The van der Waals surface area contributed by atoms with Crippen molar-refractivity contribution in [2.24, 2.45) is 7.05 Å². The molecule has 1 atom stereocenters. The van der Waals surface area contributed by atoms with Gasteiger partial charge in [0, 0.05) is 24.7 Å². The van der Waals surface area contributed by atoms with E-state index in [1.165, 1.54) is 0 Å². The third kappa shape index (κ3) is 4.15. The van der Waals surface area contributed by atoms with Crippen LogP contribution in [-0.4, -0.2) is 34.4 Å². The van der Waals surface area contributed by atoms with Gasteiger partial charge >= 0.3 is 12.1 Å². The van der Waals surface area contributed by atoms with E-state index in [2.05, 4.69) is 23.5 Å². The number of aliphatic carboxylic acids is 1. The average molecular weight is 455 g/mol. The molecule has 172 valence electrons. The van der Waals surface area contributed by atoms with Crippen molar-refractivity contribution in [3.63, 3.8) is 0 Å².